The van der Waals surface area contributed by atoms with Gasteiger partial charge >= 0.3 is 0 Å². The Bertz CT molecular complexity index is 94.3. The van der Waals surface area contributed by atoms with Crippen LogP contribution in [0.4, 0.5) is 0 Å². The molecule has 1 aliphatic heterocycles. The van der Waals surface area contributed by atoms with Crippen molar-refractivity contribution in [1.29, 1.82) is 0 Å². The lowest BCUT2D eigenvalue weighted by molar-refractivity contribution is -0.131. The van der Waals surface area contributed by atoms with Crippen LogP contribution in [0.2, 0.25) is 0 Å². The van der Waals surface area contributed by atoms with Crippen molar-refractivity contribution in [1.82, 2.24) is 0 Å². The summed E-state index contributed by atoms with van der Waals surface area (Å²) in [4.78, 5) is 0. The molecule has 1 unspecified atom stereocenters. The van der Waals surface area contributed by atoms with Crippen molar-refractivity contribution in [2.45, 2.75) is 12.7 Å². The van der Waals surface area contributed by atoms with Gasteiger partial charge in [-0.05, 0) is 13.0 Å². The minimum Gasteiger partial charge on any atom is -0.362 e. The molecule has 0 aromatic carbocycles. The molecule has 1 atom stereocenters. The van der Waals surface area contributed by atoms with Crippen LogP contribution in [0.3, 0.4) is 0 Å². The van der Waals surface area contributed by atoms with E-state index in [2.05, 4.69) is 0 Å². The van der Waals surface area contributed by atoms with Crippen molar-refractivity contribution >= 4 is 0 Å². The largest absolute Gasteiger partial charge is 0.362 e. The highest BCUT2D eigenvalue weighted by Gasteiger charge is 2.19. The van der Waals surface area contributed by atoms with E-state index in [1.54, 1.807) is 19.1 Å². The molecule has 7 heavy (non-hydrogen) atoms. The molecule has 40 valence electrons. The maximum absolute atomic E-state index is 8.89. The monoisotopic (exact) mass is 100 g/mol. The van der Waals surface area contributed by atoms with Crippen LogP contribution in [-0.2, 0) is 4.74 Å². The molecule has 0 fully saturated rings. The maximum Gasteiger partial charge on any atom is 0.182 e. The number of hydrogen-bond donors (Lipinski definition) is 1. The Morgan fingerprint density at radius 3 is 2.71 bits per heavy atom. The molecule has 0 spiro atoms. The van der Waals surface area contributed by atoms with Gasteiger partial charge in [-0.25, -0.2) is 0 Å². The van der Waals surface area contributed by atoms with E-state index in [4.69, 9.17) is 9.84 Å². The summed E-state index contributed by atoms with van der Waals surface area (Å²) in [6.07, 6.45) is 3.42. The summed E-state index contributed by atoms with van der Waals surface area (Å²) >= 11 is 0. The Labute approximate surface area is 42.4 Å². The predicted octanol–water partition coefficient (Wildman–Crippen LogP) is 0.281. The number of rotatable bonds is 0. The first-order valence-corrected chi connectivity index (χ1v) is 2.25. The highest BCUT2D eigenvalue weighted by Crippen LogP contribution is 2.12. The van der Waals surface area contributed by atoms with Gasteiger partial charge in [0.25, 0.3) is 0 Å². The van der Waals surface area contributed by atoms with Crippen LogP contribution in [0.25, 0.3) is 0 Å². The van der Waals surface area contributed by atoms with Gasteiger partial charge in [-0.2, -0.15) is 0 Å². The first kappa shape index (κ1) is 4.81. The van der Waals surface area contributed by atoms with E-state index in [9.17, 15) is 0 Å². The second kappa shape index (κ2) is 1.32. The quantitative estimate of drug-likeness (QED) is 0.443. The minimum absolute atomic E-state index is 0.535. The summed E-state index contributed by atoms with van der Waals surface area (Å²) in [6.45, 7) is 2.14. The summed E-state index contributed by atoms with van der Waals surface area (Å²) in [5.41, 5.74) is 0. The van der Waals surface area contributed by atoms with Crippen LogP contribution in [0.1, 0.15) is 6.92 Å². The number of hydrogen-bond acceptors (Lipinski definition) is 2. The maximum atomic E-state index is 8.89. The van der Waals surface area contributed by atoms with Gasteiger partial charge in [-0.3, -0.25) is 0 Å². The van der Waals surface area contributed by atoms with Crippen molar-refractivity contribution in [2.75, 3.05) is 6.61 Å². The Morgan fingerprint density at radius 2 is 2.57 bits per heavy atom. The molecular weight excluding hydrogens is 92.1 g/mol. The SMILES string of the molecule is CC1(O)C=CCO1. The van der Waals surface area contributed by atoms with Crippen molar-refractivity contribution in [2.24, 2.45) is 0 Å². The third kappa shape index (κ3) is 1.01. The Kier molecular flexibility index (Phi) is 0.905. The first-order valence-electron chi connectivity index (χ1n) is 2.25. The molecule has 0 saturated heterocycles. The molecule has 1 aliphatic rings. The second-order valence-corrected chi connectivity index (χ2v) is 1.77. The van der Waals surface area contributed by atoms with Gasteiger partial charge < -0.3 is 9.84 Å². The van der Waals surface area contributed by atoms with Crippen LogP contribution >= 0.6 is 0 Å². The Balaban J connectivity index is 2.57. The average Bonchev–Trinajstić information content (AvgIpc) is 1.84. The molecule has 0 aromatic heterocycles. The number of aliphatic hydroxyl groups is 1. The van der Waals surface area contributed by atoms with Gasteiger partial charge in [0, 0.05) is 0 Å². The summed E-state index contributed by atoms with van der Waals surface area (Å²) in [7, 11) is 0. The molecule has 0 aliphatic carbocycles. The van der Waals surface area contributed by atoms with E-state index < -0.39 is 5.79 Å². The zero-order valence-corrected chi connectivity index (χ0v) is 4.22. The van der Waals surface area contributed by atoms with E-state index in [0.717, 1.165) is 0 Å². The zero-order chi connectivity index (χ0) is 5.33. The van der Waals surface area contributed by atoms with Gasteiger partial charge in [-0.15, -0.1) is 0 Å². The third-order valence-corrected chi connectivity index (χ3v) is 0.899. The standard InChI is InChI=1S/C5H8O2/c1-5(6)3-2-4-7-5/h2-3,6H,4H2,1H3. The van der Waals surface area contributed by atoms with E-state index >= 15 is 0 Å². The van der Waals surface area contributed by atoms with Gasteiger partial charge in [0.05, 0.1) is 6.61 Å². The van der Waals surface area contributed by atoms with Crippen molar-refractivity contribution in [3.63, 3.8) is 0 Å². The minimum atomic E-state index is -0.986. The summed E-state index contributed by atoms with van der Waals surface area (Å²) in [6, 6.07) is 0. The van der Waals surface area contributed by atoms with E-state index in [1.165, 1.54) is 0 Å². The highest BCUT2D eigenvalue weighted by molar-refractivity contribution is 4.98. The molecule has 0 amide bonds. The zero-order valence-electron chi connectivity index (χ0n) is 4.22. The topological polar surface area (TPSA) is 29.5 Å². The van der Waals surface area contributed by atoms with Crippen LogP contribution in [-0.4, -0.2) is 17.5 Å². The summed E-state index contributed by atoms with van der Waals surface area (Å²) < 4.78 is 4.78. The van der Waals surface area contributed by atoms with Crippen molar-refractivity contribution < 1.29 is 9.84 Å². The van der Waals surface area contributed by atoms with Crippen LogP contribution < -0.4 is 0 Å². The summed E-state index contributed by atoms with van der Waals surface area (Å²) in [5, 5.41) is 8.89. The van der Waals surface area contributed by atoms with Crippen molar-refractivity contribution in [3.8, 4) is 0 Å². The normalized spacial score (nSPS) is 39.7. The smallest absolute Gasteiger partial charge is 0.182 e. The van der Waals surface area contributed by atoms with E-state index in [-0.39, 0.29) is 0 Å². The van der Waals surface area contributed by atoms with E-state index in [1.807, 2.05) is 0 Å². The molecule has 1 heterocycles. The molecule has 2 heteroatoms. The molecule has 0 saturated carbocycles. The van der Waals surface area contributed by atoms with Gasteiger partial charge in [-0.1, -0.05) is 6.08 Å². The Morgan fingerprint density at radius 1 is 1.86 bits per heavy atom. The fourth-order valence-electron chi connectivity index (χ4n) is 0.532. The fraction of sp³-hybridized carbons (Fsp3) is 0.600. The number of ether oxygens (including phenoxy) is 1. The van der Waals surface area contributed by atoms with E-state index in [0.29, 0.717) is 6.61 Å². The molecule has 1 N–H and O–H groups in total. The van der Waals surface area contributed by atoms with Crippen LogP contribution in [0, 0.1) is 0 Å². The second-order valence-electron chi connectivity index (χ2n) is 1.77. The summed E-state index contributed by atoms with van der Waals surface area (Å²) in [5.74, 6) is -0.986. The molecule has 2 nitrogen and oxygen atoms in total. The van der Waals surface area contributed by atoms with Gasteiger partial charge in [0.1, 0.15) is 0 Å². The van der Waals surface area contributed by atoms with Gasteiger partial charge in [0.15, 0.2) is 5.79 Å². The van der Waals surface area contributed by atoms with Crippen LogP contribution in [0.15, 0.2) is 12.2 Å². The first-order chi connectivity index (χ1) is 3.21. The van der Waals surface area contributed by atoms with Crippen LogP contribution in [0.5, 0.6) is 0 Å². The lowest BCUT2D eigenvalue weighted by atomic mass is 10.3. The van der Waals surface area contributed by atoms with Gasteiger partial charge in [0.2, 0.25) is 0 Å². The lowest BCUT2D eigenvalue weighted by Gasteiger charge is -2.11. The molecular formula is C5H8O2. The van der Waals surface area contributed by atoms with Crippen molar-refractivity contribution in [3.05, 3.63) is 12.2 Å². The molecule has 1 rings (SSSR count). The third-order valence-electron chi connectivity index (χ3n) is 0.899. The predicted molar refractivity (Wildman–Crippen MR) is 25.7 cm³/mol. The molecule has 0 aromatic rings. The Hall–Kier alpha value is -0.340. The lowest BCUT2D eigenvalue weighted by Crippen LogP contribution is -2.20. The molecule has 0 radical (unpaired) electrons. The fourth-order valence-corrected chi connectivity index (χ4v) is 0.532. The molecule has 0 bridgehead atoms. The average molecular weight is 100 g/mol. The highest BCUT2D eigenvalue weighted by atomic mass is 16.6.